The molecule has 2 aromatic carbocycles. The topological polar surface area (TPSA) is 64.9 Å². The molecule has 3 rings (SSSR count). The summed E-state index contributed by atoms with van der Waals surface area (Å²) in [5.41, 5.74) is 8.32. The van der Waals surface area contributed by atoms with Gasteiger partial charge in [-0.2, -0.15) is 0 Å². The first-order chi connectivity index (χ1) is 11.2. The number of nitrogens with two attached hydrogens (primary N) is 1. The van der Waals surface area contributed by atoms with Gasteiger partial charge in [-0.3, -0.25) is 0 Å². The monoisotopic (exact) mass is 345 g/mol. The summed E-state index contributed by atoms with van der Waals surface area (Å²) in [6, 6.07) is 17.4. The molecule has 0 fully saturated rings. The van der Waals surface area contributed by atoms with Gasteiger partial charge in [0.05, 0.1) is 6.04 Å². The molecule has 1 heterocycles. The Balaban J connectivity index is 1.60. The summed E-state index contributed by atoms with van der Waals surface area (Å²) in [5, 5.41) is 9.34. The molecule has 23 heavy (non-hydrogen) atoms. The lowest BCUT2D eigenvalue weighted by Crippen LogP contribution is -2.13. The van der Waals surface area contributed by atoms with E-state index >= 15 is 0 Å². The Kier molecular flexibility index (Phi) is 5.33. The SMILES string of the molecule is N[C@@H](Cc1ccccc1)c1nnc(SCc2ccccc2Cl)o1. The first-order valence-corrected chi connectivity index (χ1v) is 8.58. The minimum Gasteiger partial charge on any atom is -0.414 e. The minimum absolute atomic E-state index is 0.306. The van der Waals surface area contributed by atoms with Gasteiger partial charge >= 0.3 is 0 Å². The summed E-state index contributed by atoms with van der Waals surface area (Å²) in [5.74, 6) is 1.13. The molecule has 0 unspecified atom stereocenters. The summed E-state index contributed by atoms with van der Waals surface area (Å²) in [4.78, 5) is 0. The van der Waals surface area contributed by atoms with E-state index < -0.39 is 0 Å². The molecule has 2 N–H and O–H groups in total. The molecular weight excluding hydrogens is 330 g/mol. The maximum Gasteiger partial charge on any atom is 0.276 e. The molecule has 0 spiro atoms. The summed E-state index contributed by atoms with van der Waals surface area (Å²) >= 11 is 7.59. The van der Waals surface area contributed by atoms with E-state index in [-0.39, 0.29) is 6.04 Å². The largest absolute Gasteiger partial charge is 0.414 e. The molecule has 3 aromatic rings. The van der Waals surface area contributed by atoms with E-state index in [4.69, 9.17) is 21.8 Å². The summed E-state index contributed by atoms with van der Waals surface area (Å²) in [7, 11) is 0. The fraction of sp³-hybridized carbons (Fsp3) is 0.176. The number of thioether (sulfide) groups is 1. The van der Waals surface area contributed by atoms with Crippen LogP contribution >= 0.6 is 23.4 Å². The van der Waals surface area contributed by atoms with Crippen LogP contribution in [0.1, 0.15) is 23.1 Å². The Morgan fingerprint density at radius 1 is 1.04 bits per heavy atom. The lowest BCUT2D eigenvalue weighted by atomic mass is 10.1. The molecule has 0 bridgehead atoms. The molecule has 1 aromatic heterocycles. The highest BCUT2D eigenvalue weighted by molar-refractivity contribution is 7.98. The average molecular weight is 346 g/mol. The molecule has 4 nitrogen and oxygen atoms in total. The van der Waals surface area contributed by atoms with Crippen molar-refractivity contribution >= 4 is 23.4 Å². The summed E-state index contributed by atoms with van der Waals surface area (Å²) in [6.07, 6.45) is 0.664. The summed E-state index contributed by atoms with van der Waals surface area (Å²) < 4.78 is 5.65. The van der Waals surface area contributed by atoms with Crippen LogP contribution in [0.25, 0.3) is 0 Å². The number of benzene rings is 2. The zero-order chi connectivity index (χ0) is 16.1. The molecule has 1 atom stereocenters. The van der Waals surface area contributed by atoms with Gasteiger partial charge in [0.25, 0.3) is 5.22 Å². The molecule has 0 saturated heterocycles. The van der Waals surface area contributed by atoms with Crippen molar-refractivity contribution in [2.75, 3.05) is 0 Å². The Morgan fingerprint density at radius 2 is 1.78 bits per heavy atom. The number of aromatic nitrogens is 2. The maximum absolute atomic E-state index is 6.15. The van der Waals surface area contributed by atoms with Gasteiger partial charge in [-0.25, -0.2) is 0 Å². The van der Waals surface area contributed by atoms with Gasteiger partial charge in [-0.1, -0.05) is 71.9 Å². The molecule has 0 aliphatic carbocycles. The van der Waals surface area contributed by atoms with Crippen molar-refractivity contribution in [3.63, 3.8) is 0 Å². The second-order valence-corrected chi connectivity index (χ2v) is 6.42. The third-order valence-electron chi connectivity index (χ3n) is 3.35. The van der Waals surface area contributed by atoms with Crippen LogP contribution in [-0.4, -0.2) is 10.2 Å². The number of rotatable bonds is 6. The van der Waals surface area contributed by atoms with E-state index in [1.54, 1.807) is 0 Å². The second kappa shape index (κ2) is 7.64. The van der Waals surface area contributed by atoms with E-state index in [1.807, 2.05) is 54.6 Å². The highest BCUT2D eigenvalue weighted by Crippen LogP contribution is 2.27. The first-order valence-electron chi connectivity index (χ1n) is 7.21. The van der Waals surface area contributed by atoms with Crippen LogP contribution in [0.2, 0.25) is 5.02 Å². The van der Waals surface area contributed by atoms with Crippen molar-refractivity contribution in [3.8, 4) is 0 Å². The fourth-order valence-corrected chi connectivity index (χ4v) is 3.19. The van der Waals surface area contributed by atoms with Crippen LogP contribution in [-0.2, 0) is 12.2 Å². The molecule has 0 amide bonds. The van der Waals surface area contributed by atoms with Crippen LogP contribution < -0.4 is 5.73 Å². The summed E-state index contributed by atoms with van der Waals surface area (Å²) in [6.45, 7) is 0. The lowest BCUT2D eigenvalue weighted by Gasteiger charge is -2.06. The van der Waals surface area contributed by atoms with E-state index in [1.165, 1.54) is 11.8 Å². The normalized spacial score (nSPS) is 12.3. The zero-order valence-electron chi connectivity index (χ0n) is 12.4. The van der Waals surface area contributed by atoms with Gasteiger partial charge in [0, 0.05) is 10.8 Å². The first kappa shape index (κ1) is 16.1. The van der Waals surface area contributed by atoms with Gasteiger partial charge in [0.1, 0.15) is 0 Å². The molecule has 0 aliphatic rings. The van der Waals surface area contributed by atoms with Crippen LogP contribution in [0.4, 0.5) is 0 Å². The van der Waals surface area contributed by atoms with Crippen molar-refractivity contribution in [2.24, 2.45) is 5.73 Å². The Hall–Kier alpha value is -1.82. The van der Waals surface area contributed by atoms with Gasteiger partial charge in [-0.15, -0.1) is 10.2 Å². The van der Waals surface area contributed by atoms with E-state index in [0.717, 1.165) is 16.1 Å². The van der Waals surface area contributed by atoms with Crippen molar-refractivity contribution in [2.45, 2.75) is 23.4 Å². The van der Waals surface area contributed by atoms with Gasteiger partial charge in [0.15, 0.2) is 0 Å². The molecular formula is C17H16ClN3OS. The second-order valence-electron chi connectivity index (χ2n) is 5.08. The van der Waals surface area contributed by atoms with Crippen LogP contribution in [0.5, 0.6) is 0 Å². The number of hydrogen-bond donors (Lipinski definition) is 1. The standard InChI is InChI=1S/C17H16ClN3OS/c18-14-9-5-4-8-13(14)11-23-17-21-20-16(22-17)15(19)10-12-6-2-1-3-7-12/h1-9,15H,10-11,19H2/t15-/m0/s1. The zero-order valence-corrected chi connectivity index (χ0v) is 13.9. The fourth-order valence-electron chi connectivity index (χ4n) is 2.14. The molecule has 0 saturated carbocycles. The predicted octanol–water partition coefficient (Wildman–Crippen LogP) is 4.26. The van der Waals surface area contributed by atoms with Crippen molar-refractivity contribution in [1.82, 2.24) is 10.2 Å². The van der Waals surface area contributed by atoms with Gasteiger partial charge in [0.2, 0.25) is 5.89 Å². The Morgan fingerprint density at radius 3 is 2.57 bits per heavy atom. The highest BCUT2D eigenvalue weighted by Gasteiger charge is 2.15. The molecule has 0 radical (unpaired) electrons. The van der Waals surface area contributed by atoms with Crippen LogP contribution in [0, 0.1) is 0 Å². The van der Waals surface area contributed by atoms with Crippen molar-refractivity contribution in [3.05, 3.63) is 76.6 Å². The van der Waals surface area contributed by atoms with E-state index in [0.29, 0.717) is 23.3 Å². The van der Waals surface area contributed by atoms with Crippen LogP contribution in [0.15, 0.2) is 64.2 Å². The van der Waals surface area contributed by atoms with E-state index in [2.05, 4.69) is 10.2 Å². The quantitative estimate of drug-likeness (QED) is 0.676. The van der Waals surface area contributed by atoms with Crippen molar-refractivity contribution in [1.29, 1.82) is 0 Å². The third kappa shape index (κ3) is 4.34. The minimum atomic E-state index is -0.306. The molecule has 0 aliphatic heterocycles. The van der Waals surface area contributed by atoms with E-state index in [9.17, 15) is 0 Å². The predicted molar refractivity (Wildman–Crippen MR) is 92.4 cm³/mol. The Labute approximate surface area is 144 Å². The third-order valence-corrected chi connectivity index (χ3v) is 4.58. The number of nitrogens with zero attached hydrogens (tertiary/aromatic N) is 2. The van der Waals surface area contributed by atoms with Crippen molar-refractivity contribution < 1.29 is 4.42 Å². The average Bonchev–Trinajstić information content (AvgIpc) is 3.04. The highest BCUT2D eigenvalue weighted by atomic mass is 35.5. The molecule has 6 heteroatoms. The molecule has 118 valence electrons. The van der Waals surface area contributed by atoms with Gasteiger partial charge < -0.3 is 10.2 Å². The lowest BCUT2D eigenvalue weighted by molar-refractivity contribution is 0.385. The smallest absolute Gasteiger partial charge is 0.276 e. The van der Waals surface area contributed by atoms with Crippen LogP contribution in [0.3, 0.4) is 0 Å². The maximum atomic E-state index is 6.15. The Bertz CT molecular complexity index is 763. The van der Waals surface area contributed by atoms with Gasteiger partial charge in [-0.05, 0) is 23.6 Å². The number of hydrogen-bond acceptors (Lipinski definition) is 5. The number of halogens is 1.